The number of hydrogen-bond acceptors (Lipinski definition) is 5. The number of fused-ring (bicyclic) bond motifs is 2. The summed E-state index contributed by atoms with van der Waals surface area (Å²) in [5.41, 5.74) is 2.21. The molecule has 1 saturated heterocycles. The number of hydrogen-bond donors (Lipinski definition) is 0. The second-order valence-electron chi connectivity index (χ2n) is 9.34. The fourth-order valence-electron chi connectivity index (χ4n) is 4.92. The lowest BCUT2D eigenvalue weighted by Crippen LogP contribution is -2.38. The van der Waals surface area contributed by atoms with Crippen LogP contribution in [0, 0.1) is 5.82 Å². The average Bonchev–Trinajstić information content (AvgIpc) is 3.12. The first-order valence-corrected chi connectivity index (χ1v) is 11.9. The summed E-state index contributed by atoms with van der Waals surface area (Å²) in [6.07, 6.45) is 0.767. The quantitative estimate of drug-likeness (QED) is 0.544. The van der Waals surface area contributed by atoms with Crippen LogP contribution in [-0.2, 0) is 4.74 Å². The SMILES string of the molecule is CC(C)c1ccc([C@@H]2c3c(oc4ccc(F)cc4c3=O)C(=O)N2CCCN2CCOCC2)cc1. The van der Waals surface area contributed by atoms with Gasteiger partial charge in [-0.1, -0.05) is 38.1 Å². The highest BCUT2D eigenvalue weighted by Crippen LogP contribution is 2.38. The highest BCUT2D eigenvalue weighted by Gasteiger charge is 2.42. The minimum absolute atomic E-state index is 0.0633. The summed E-state index contributed by atoms with van der Waals surface area (Å²) in [5.74, 6) is -0.371. The summed E-state index contributed by atoms with van der Waals surface area (Å²) in [5, 5.41) is 0.158. The van der Waals surface area contributed by atoms with Crippen LogP contribution in [0.2, 0.25) is 0 Å². The van der Waals surface area contributed by atoms with E-state index in [4.69, 9.17) is 9.15 Å². The van der Waals surface area contributed by atoms with Crippen LogP contribution in [0.4, 0.5) is 4.39 Å². The highest BCUT2D eigenvalue weighted by atomic mass is 19.1. The van der Waals surface area contributed by atoms with Gasteiger partial charge in [-0.15, -0.1) is 0 Å². The molecule has 0 spiro atoms. The molecule has 1 fully saturated rings. The maximum absolute atomic E-state index is 13.9. The van der Waals surface area contributed by atoms with Crippen LogP contribution in [0.1, 0.15) is 59.5 Å². The number of carbonyl (C=O) groups excluding carboxylic acids is 1. The monoisotopic (exact) mass is 464 g/mol. The van der Waals surface area contributed by atoms with E-state index in [1.165, 1.54) is 23.8 Å². The lowest BCUT2D eigenvalue weighted by atomic mass is 9.95. The molecule has 178 valence electrons. The molecule has 0 aliphatic carbocycles. The molecule has 3 aromatic rings. The van der Waals surface area contributed by atoms with Gasteiger partial charge in [0.05, 0.1) is 30.2 Å². The molecule has 0 unspecified atom stereocenters. The van der Waals surface area contributed by atoms with Crippen LogP contribution in [0.25, 0.3) is 11.0 Å². The maximum Gasteiger partial charge on any atom is 0.290 e. The molecule has 2 aliphatic rings. The number of halogens is 1. The first-order chi connectivity index (χ1) is 16.4. The summed E-state index contributed by atoms with van der Waals surface area (Å²) in [6.45, 7) is 8.78. The van der Waals surface area contributed by atoms with Crippen molar-refractivity contribution in [1.82, 2.24) is 9.80 Å². The summed E-state index contributed by atoms with van der Waals surface area (Å²) in [4.78, 5) is 31.1. The lowest BCUT2D eigenvalue weighted by molar-refractivity contribution is 0.0353. The van der Waals surface area contributed by atoms with Gasteiger partial charge < -0.3 is 14.1 Å². The number of nitrogens with zero attached hydrogens (tertiary/aromatic N) is 2. The van der Waals surface area contributed by atoms with Gasteiger partial charge in [-0.05, 0) is 41.7 Å². The summed E-state index contributed by atoms with van der Waals surface area (Å²) in [6, 6.07) is 11.3. The third kappa shape index (κ3) is 4.14. The van der Waals surface area contributed by atoms with Gasteiger partial charge in [0.15, 0.2) is 5.43 Å². The second-order valence-corrected chi connectivity index (χ2v) is 9.34. The van der Waals surface area contributed by atoms with E-state index in [-0.39, 0.29) is 28.1 Å². The minimum Gasteiger partial charge on any atom is -0.450 e. The van der Waals surface area contributed by atoms with Crippen molar-refractivity contribution in [2.75, 3.05) is 39.4 Å². The minimum atomic E-state index is -0.558. The average molecular weight is 465 g/mol. The maximum atomic E-state index is 13.9. The van der Waals surface area contributed by atoms with Crippen LogP contribution >= 0.6 is 0 Å². The largest absolute Gasteiger partial charge is 0.450 e. The van der Waals surface area contributed by atoms with Crippen LogP contribution in [0.15, 0.2) is 51.7 Å². The molecule has 0 bridgehead atoms. The molecule has 1 atom stereocenters. The molecule has 2 aromatic carbocycles. The Hall–Kier alpha value is -3.03. The van der Waals surface area contributed by atoms with Crippen LogP contribution in [-0.4, -0.2) is 55.1 Å². The standard InChI is InChI=1S/C27H29FN2O4/c1-17(2)18-4-6-19(7-5-18)24-23-25(31)21-16-20(28)8-9-22(21)34-26(23)27(32)30(24)11-3-10-29-12-14-33-15-13-29/h4-9,16-17,24H,3,10-15H2,1-2H3/t24-/m1/s1. The van der Waals surface area contributed by atoms with Gasteiger partial charge in [0.1, 0.15) is 11.4 Å². The number of ether oxygens (including phenoxy) is 1. The molecule has 2 aliphatic heterocycles. The van der Waals surface area contributed by atoms with Crippen LogP contribution in [0.5, 0.6) is 0 Å². The summed E-state index contributed by atoms with van der Waals surface area (Å²) in [7, 11) is 0. The third-order valence-corrected chi connectivity index (χ3v) is 6.82. The van der Waals surface area contributed by atoms with Crippen molar-refractivity contribution in [3.05, 3.63) is 81.0 Å². The van der Waals surface area contributed by atoms with Gasteiger partial charge in [0.2, 0.25) is 5.76 Å². The number of rotatable bonds is 6. The molecule has 3 heterocycles. The van der Waals surface area contributed by atoms with Crippen molar-refractivity contribution in [2.45, 2.75) is 32.2 Å². The molecule has 1 aromatic heterocycles. The zero-order valence-corrected chi connectivity index (χ0v) is 19.6. The van der Waals surface area contributed by atoms with E-state index in [9.17, 15) is 14.0 Å². The van der Waals surface area contributed by atoms with Gasteiger partial charge in [-0.2, -0.15) is 0 Å². The first kappa shape index (κ1) is 22.7. The molecule has 6 nitrogen and oxygen atoms in total. The van der Waals surface area contributed by atoms with Gasteiger partial charge in [0.25, 0.3) is 5.91 Å². The lowest BCUT2D eigenvalue weighted by Gasteiger charge is -2.29. The van der Waals surface area contributed by atoms with Gasteiger partial charge in [-0.25, -0.2) is 4.39 Å². The Morgan fingerprint density at radius 2 is 1.76 bits per heavy atom. The third-order valence-electron chi connectivity index (χ3n) is 6.82. The molecule has 0 radical (unpaired) electrons. The van der Waals surface area contributed by atoms with Crippen LogP contribution in [0.3, 0.4) is 0 Å². The Kier molecular flexibility index (Phi) is 6.23. The molecular weight excluding hydrogens is 435 g/mol. The fraction of sp³-hybridized carbons (Fsp3) is 0.407. The van der Waals surface area contributed by atoms with E-state index in [1.807, 2.05) is 24.3 Å². The van der Waals surface area contributed by atoms with E-state index in [2.05, 4.69) is 18.7 Å². The van der Waals surface area contributed by atoms with Gasteiger partial charge in [-0.3, -0.25) is 14.5 Å². The zero-order chi connectivity index (χ0) is 23.8. The van der Waals surface area contributed by atoms with Crippen molar-refractivity contribution in [1.29, 1.82) is 0 Å². The molecule has 34 heavy (non-hydrogen) atoms. The summed E-state index contributed by atoms with van der Waals surface area (Å²) >= 11 is 0. The second kappa shape index (κ2) is 9.31. The molecule has 5 rings (SSSR count). The summed E-state index contributed by atoms with van der Waals surface area (Å²) < 4.78 is 25.3. The smallest absolute Gasteiger partial charge is 0.290 e. The van der Waals surface area contributed by atoms with Crippen molar-refractivity contribution in [3.8, 4) is 0 Å². The van der Waals surface area contributed by atoms with Crippen molar-refractivity contribution in [2.24, 2.45) is 0 Å². The Morgan fingerprint density at radius 3 is 2.47 bits per heavy atom. The fourth-order valence-corrected chi connectivity index (χ4v) is 4.92. The molecular formula is C27H29FN2O4. The number of morpholine rings is 1. The Balaban J connectivity index is 1.53. The number of carbonyl (C=O) groups is 1. The normalized spacial score (nSPS) is 18.8. The Bertz CT molecular complexity index is 1260. The number of amides is 1. The number of benzene rings is 2. The zero-order valence-electron chi connectivity index (χ0n) is 19.6. The van der Waals surface area contributed by atoms with E-state index in [0.29, 0.717) is 18.0 Å². The van der Waals surface area contributed by atoms with E-state index in [0.717, 1.165) is 44.8 Å². The van der Waals surface area contributed by atoms with Crippen molar-refractivity contribution in [3.63, 3.8) is 0 Å². The molecule has 0 N–H and O–H groups in total. The predicted molar refractivity (Wildman–Crippen MR) is 128 cm³/mol. The predicted octanol–water partition coefficient (Wildman–Crippen LogP) is 4.32. The molecule has 1 amide bonds. The Morgan fingerprint density at radius 1 is 1.03 bits per heavy atom. The van der Waals surface area contributed by atoms with E-state index >= 15 is 0 Å². The molecule has 7 heteroatoms. The first-order valence-electron chi connectivity index (χ1n) is 11.9. The van der Waals surface area contributed by atoms with Gasteiger partial charge in [0, 0.05) is 26.2 Å². The van der Waals surface area contributed by atoms with Crippen molar-refractivity contribution >= 4 is 16.9 Å². The van der Waals surface area contributed by atoms with Crippen molar-refractivity contribution < 1.29 is 18.3 Å². The van der Waals surface area contributed by atoms with Gasteiger partial charge >= 0.3 is 0 Å². The van der Waals surface area contributed by atoms with Crippen LogP contribution < -0.4 is 5.43 Å². The Labute approximate surface area is 197 Å². The molecule has 0 saturated carbocycles. The topological polar surface area (TPSA) is 63.0 Å². The van der Waals surface area contributed by atoms with E-state index < -0.39 is 11.9 Å². The highest BCUT2D eigenvalue weighted by molar-refractivity contribution is 5.99. The van der Waals surface area contributed by atoms with E-state index in [1.54, 1.807) is 4.90 Å².